The van der Waals surface area contributed by atoms with Crippen LogP contribution < -0.4 is 5.73 Å². The topological polar surface area (TPSA) is 68.1 Å². The van der Waals surface area contributed by atoms with Crippen LogP contribution in [0.1, 0.15) is 16.1 Å². The van der Waals surface area contributed by atoms with Crippen molar-refractivity contribution in [1.29, 1.82) is 0 Å². The van der Waals surface area contributed by atoms with Gasteiger partial charge in [0.2, 0.25) is 0 Å². The van der Waals surface area contributed by atoms with Gasteiger partial charge in [-0.25, -0.2) is 4.79 Å². The molecule has 3 N–H and O–H groups in total. The number of aromatic amines is 1. The number of methoxy groups -OCH3 is 1. The minimum Gasteiger partial charge on any atom is -0.465 e. The largest absolute Gasteiger partial charge is 0.465 e. The van der Waals surface area contributed by atoms with E-state index in [1.54, 1.807) is 12.1 Å². The number of H-pyrrole nitrogens is 1. The number of aromatic nitrogens is 1. The van der Waals surface area contributed by atoms with Gasteiger partial charge in [-0.1, -0.05) is 0 Å². The van der Waals surface area contributed by atoms with E-state index < -0.39 is 0 Å². The van der Waals surface area contributed by atoms with E-state index in [2.05, 4.69) is 4.98 Å². The van der Waals surface area contributed by atoms with Crippen LogP contribution >= 0.6 is 0 Å². The van der Waals surface area contributed by atoms with Crippen LogP contribution in [0.25, 0.3) is 10.9 Å². The summed E-state index contributed by atoms with van der Waals surface area (Å²) < 4.78 is 4.72. The standard InChI is InChI=1S/C11H12N2O2/c1-6-10(11(14)15-2)8-4-3-7(12)5-9(8)13-6/h3-5,13H,12H2,1-2H3. The molecule has 0 aliphatic carbocycles. The molecule has 78 valence electrons. The van der Waals surface area contributed by atoms with Crippen molar-refractivity contribution in [2.24, 2.45) is 0 Å². The summed E-state index contributed by atoms with van der Waals surface area (Å²) in [5.41, 5.74) is 8.55. The third-order valence-electron chi connectivity index (χ3n) is 2.40. The van der Waals surface area contributed by atoms with Crippen molar-refractivity contribution in [1.82, 2.24) is 4.98 Å². The molecule has 0 atom stereocenters. The molecule has 1 aromatic carbocycles. The number of hydrogen-bond acceptors (Lipinski definition) is 3. The van der Waals surface area contributed by atoms with E-state index in [4.69, 9.17) is 10.5 Å². The Morgan fingerprint density at radius 3 is 2.87 bits per heavy atom. The quantitative estimate of drug-likeness (QED) is 0.550. The van der Waals surface area contributed by atoms with Crippen molar-refractivity contribution < 1.29 is 9.53 Å². The van der Waals surface area contributed by atoms with Crippen LogP contribution in [0.4, 0.5) is 5.69 Å². The molecular formula is C11H12N2O2. The lowest BCUT2D eigenvalue weighted by Gasteiger charge is -1.98. The van der Waals surface area contributed by atoms with Crippen LogP contribution in [0.5, 0.6) is 0 Å². The first-order valence-corrected chi connectivity index (χ1v) is 4.59. The smallest absolute Gasteiger partial charge is 0.340 e. The summed E-state index contributed by atoms with van der Waals surface area (Å²) in [4.78, 5) is 14.6. The first-order chi connectivity index (χ1) is 7.13. The highest BCUT2D eigenvalue weighted by Crippen LogP contribution is 2.24. The van der Waals surface area contributed by atoms with Crippen LogP contribution in [0.2, 0.25) is 0 Å². The molecule has 1 aromatic heterocycles. The highest BCUT2D eigenvalue weighted by molar-refractivity contribution is 6.06. The van der Waals surface area contributed by atoms with Crippen LogP contribution in [-0.2, 0) is 4.74 Å². The van der Waals surface area contributed by atoms with Crippen LogP contribution in [0.3, 0.4) is 0 Å². The Hall–Kier alpha value is -1.97. The zero-order valence-electron chi connectivity index (χ0n) is 8.63. The Labute approximate surface area is 87.0 Å². The summed E-state index contributed by atoms with van der Waals surface area (Å²) in [6, 6.07) is 5.39. The van der Waals surface area contributed by atoms with E-state index in [-0.39, 0.29) is 5.97 Å². The Bertz CT molecular complexity index is 529. The van der Waals surface area contributed by atoms with E-state index in [9.17, 15) is 4.79 Å². The number of aryl methyl sites for hydroxylation is 1. The Morgan fingerprint density at radius 1 is 1.47 bits per heavy atom. The van der Waals surface area contributed by atoms with Gasteiger partial charge in [-0.15, -0.1) is 0 Å². The van der Waals surface area contributed by atoms with Gasteiger partial charge in [0.15, 0.2) is 0 Å². The van der Waals surface area contributed by atoms with Crippen molar-refractivity contribution in [3.05, 3.63) is 29.5 Å². The highest BCUT2D eigenvalue weighted by Gasteiger charge is 2.15. The van der Waals surface area contributed by atoms with Gasteiger partial charge in [0, 0.05) is 22.3 Å². The zero-order chi connectivity index (χ0) is 11.0. The van der Waals surface area contributed by atoms with Crippen molar-refractivity contribution in [3.8, 4) is 0 Å². The average molecular weight is 204 g/mol. The summed E-state index contributed by atoms with van der Waals surface area (Å²) in [7, 11) is 1.37. The second kappa shape index (κ2) is 3.31. The fourth-order valence-corrected chi connectivity index (χ4v) is 1.71. The van der Waals surface area contributed by atoms with Gasteiger partial charge in [-0.3, -0.25) is 0 Å². The number of esters is 1. The number of carbonyl (C=O) groups excluding carboxylic acids is 1. The fourth-order valence-electron chi connectivity index (χ4n) is 1.71. The number of anilines is 1. The van der Waals surface area contributed by atoms with Crippen molar-refractivity contribution in [2.75, 3.05) is 12.8 Å². The third-order valence-corrected chi connectivity index (χ3v) is 2.40. The molecule has 0 fully saturated rings. The second-order valence-electron chi connectivity index (χ2n) is 3.42. The van der Waals surface area contributed by atoms with Gasteiger partial charge < -0.3 is 15.5 Å². The molecule has 0 saturated carbocycles. The Balaban J connectivity index is 2.73. The van der Waals surface area contributed by atoms with Gasteiger partial charge in [-0.05, 0) is 25.1 Å². The molecule has 0 amide bonds. The van der Waals surface area contributed by atoms with Gasteiger partial charge in [0.05, 0.1) is 12.7 Å². The first-order valence-electron chi connectivity index (χ1n) is 4.59. The molecule has 0 spiro atoms. The lowest BCUT2D eigenvalue weighted by molar-refractivity contribution is 0.0602. The number of benzene rings is 1. The summed E-state index contributed by atoms with van der Waals surface area (Å²) in [5, 5.41) is 0.841. The molecule has 0 radical (unpaired) electrons. The minimum absolute atomic E-state index is 0.330. The number of ether oxygens (including phenoxy) is 1. The monoisotopic (exact) mass is 204 g/mol. The Kier molecular flexibility index (Phi) is 2.11. The molecule has 0 unspecified atom stereocenters. The molecule has 2 aromatic rings. The minimum atomic E-state index is -0.330. The van der Waals surface area contributed by atoms with Gasteiger partial charge in [0.25, 0.3) is 0 Å². The number of nitrogens with one attached hydrogen (secondary N) is 1. The molecular weight excluding hydrogens is 192 g/mol. The number of rotatable bonds is 1. The van der Waals surface area contributed by atoms with Gasteiger partial charge >= 0.3 is 5.97 Å². The first kappa shape index (κ1) is 9.58. The number of hydrogen-bond donors (Lipinski definition) is 2. The Morgan fingerprint density at radius 2 is 2.20 bits per heavy atom. The molecule has 0 aliphatic rings. The van der Waals surface area contributed by atoms with Crippen LogP contribution in [0.15, 0.2) is 18.2 Å². The summed E-state index contributed by atoms with van der Waals surface area (Å²) in [6.45, 7) is 1.84. The van der Waals surface area contributed by atoms with Crippen molar-refractivity contribution >= 4 is 22.6 Å². The van der Waals surface area contributed by atoms with E-state index in [1.807, 2.05) is 13.0 Å². The van der Waals surface area contributed by atoms with Crippen LogP contribution in [-0.4, -0.2) is 18.1 Å². The molecule has 4 heteroatoms. The average Bonchev–Trinajstić information content (AvgIpc) is 2.52. The predicted molar refractivity (Wildman–Crippen MR) is 58.8 cm³/mol. The third kappa shape index (κ3) is 1.44. The SMILES string of the molecule is COC(=O)c1c(C)[nH]c2cc(N)ccc12. The van der Waals surface area contributed by atoms with Gasteiger partial charge in [-0.2, -0.15) is 0 Å². The maximum atomic E-state index is 11.5. The molecule has 2 rings (SSSR count). The molecule has 0 saturated heterocycles. The fraction of sp³-hybridized carbons (Fsp3) is 0.182. The van der Waals surface area contributed by atoms with Crippen molar-refractivity contribution in [3.63, 3.8) is 0 Å². The lowest BCUT2D eigenvalue weighted by atomic mass is 10.1. The number of nitrogens with two attached hydrogens (primary N) is 1. The van der Waals surface area contributed by atoms with E-state index in [1.165, 1.54) is 7.11 Å². The molecule has 0 bridgehead atoms. The van der Waals surface area contributed by atoms with E-state index in [0.29, 0.717) is 11.3 Å². The molecule has 4 nitrogen and oxygen atoms in total. The van der Waals surface area contributed by atoms with Gasteiger partial charge in [0.1, 0.15) is 0 Å². The predicted octanol–water partition coefficient (Wildman–Crippen LogP) is 1.85. The summed E-state index contributed by atoms with van der Waals surface area (Å²) in [5.74, 6) is -0.330. The molecule has 1 heterocycles. The summed E-state index contributed by atoms with van der Waals surface area (Å²) >= 11 is 0. The van der Waals surface area contributed by atoms with E-state index in [0.717, 1.165) is 16.6 Å². The second-order valence-corrected chi connectivity index (χ2v) is 3.42. The highest BCUT2D eigenvalue weighted by atomic mass is 16.5. The number of carbonyl (C=O) groups is 1. The maximum Gasteiger partial charge on any atom is 0.340 e. The number of fused-ring (bicyclic) bond motifs is 1. The molecule has 15 heavy (non-hydrogen) atoms. The van der Waals surface area contributed by atoms with Crippen LogP contribution in [0, 0.1) is 6.92 Å². The number of nitrogen functional groups attached to an aromatic ring is 1. The summed E-state index contributed by atoms with van der Waals surface area (Å²) in [6.07, 6.45) is 0. The molecule has 0 aliphatic heterocycles. The maximum absolute atomic E-state index is 11.5. The zero-order valence-corrected chi connectivity index (χ0v) is 8.63. The van der Waals surface area contributed by atoms with Crippen molar-refractivity contribution in [2.45, 2.75) is 6.92 Å². The van der Waals surface area contributed by atoms with E-state index >= 15 is 0 Å². The lowest BCUT2D eigenvalue weighted by Crippen LogP contribution is -2.01. The normalized spacial score (nSPS) is 10.5.